The van der Waals surface area contributed by atoms with Gasteiger partial charge in [-0.25, -0.2) is 0 Å². The standard InChI is InChI=1S/C34H48N2O3S/c1-3-4-5-6-7-8-9-10-11-12-13-14-15-16-25-39-33-31(18-17-19-32(33)38-2)35-34(37)30-22-20-29(21-23-30)27-36-24-26-40-28-36/h17-24,26,28H,3-16,25,27H2,1-2H3/p+1. The van der Waals surface area contributed by atoms with E-state index in [-0.39, 0.29) is 5.91 Å². The summed E-state index contributed by atoms with van der Waals surface area (Å²) in [7, 11) is 1.63. The number of hydrogen-bond donors (Lipinski definition) is 1. The van der Waals surface area contributed by atoms with Gasteiger partial charge in [-0.1, -0.05) is 120 Å². The van der Waals surface area contributed by atoms with Gasteiger partial charge in [0.05, 0.1) is 24.8 Å². The maximum atomic E-state index is 13.0. The van der Waals surface area contributed by atoms with Crippen LogP contribution in [0, 0.1) is 0 Å². The molecule has 0 aliphatic rings. The minimum Gasteiger partial charge on any atom is -0.493 e. The summed E-state index contributed by atoms with van der Waals surface area (Å²) >= 11 is 1.66. The Hall–Kier alpha value is -2.86. The summed E-state index contributed by atoms with van der Waals surface area (Å²) in [6, 6.07) is 13.3. The molecule has 0 spiro atoms. The van der Waals surface area contributed by atoms with E-state index in [1.807, 2.05) is 48.7 Å². The van der Waals surface area contributed by atoms with Gasteiger partial charge in [0, 0.05) is 11.1 Å². The fourth-order valence-electron chi connectivity index (χ4n) is 4.91. The molecule has 3 aromatic rings. The Morgan fingerprint density at radius 1 is 0.825 bits per heavy atom. The van der Waals surface area contributed by atoms with Gasteiger partial charge in [-0.05, 0) is 30.7 Å². The molecule has 40 heavy (non-hydrogen) atoms. The van der Waals surface area contributed by atoms with Crippen molar-refractivity contribution in [3.63, 3.8) is 0 Å². The molecule has 1 N–H and O–H groups in total. The highest BCUT2D eigenvalue weighted by Crippen LogP contribution is 2.35. The Morgan fingerprint density at radius 3 is 2.02 bits per heavy atom. The van der Waals surface area contributed by atoms with Crippen LogP contribution in [-0.2, 0) is 6.54 Å². The average Bonchev–Trinajstić information content (AvgIpc) is 3.49. The molecule has 0 aliphatic heterocycles. The Kier molecular flexibility index (Phi) is 15.2. The van der Waals surface area contributed by atoms with Crippen LogP contribution in [-0.4, -0.2) is 19.6 Å². The average molecular weight is 566 g/mol. The van der Waals surface area contributed by atoms with Gasteiger partial charge in [-0.3, -0.25) is 4.79 Å². The molecule has 218 valence electrons. The molecule has 0 aliphatic carbocycles. The van der Waals surface area contributed by atoms with Crippen molar-refractivity contribution >= 4 is 22.9 Å². The second-order valence-corrected chi connectivity index (χ2v) is 11.4. The van der Waals surface area contributed by atoms with E-state index < -0.39 is 0 Å². The predicted octanol–water partition coefficient (Wildman–Crippen LogP) is 9.20. The van der Waals surface area contributed by atoms with Gasteiger partial charge in [0.2, 0.25) is 5.51 Å². The Bertz CT molecular complexity index is 1080. The van der Waals surface area contributed by atoms with Crippen molar-refractivity contribution in [2.24, 2.45) is 0 Å². The number of carbonyl (C=O) groups excluding carboxylic acids is 1. The molecule has 2 aromatic carbocycles. The molecule has 1 amide bonds. The van der Waals surface area contributed by atoms with Crippen molar-refractivity contribution in [3.8, 4) is 11.5 Å². The third-order valence-electron chi connectivity index (χ3n) is 7.30. The van der Waals surface area contributed by atoms with Gasteiger partial charge in [0.25, 0.3) is 5.91 Å². The topological polar surface area (TPSA) is 51.4 Å². The quantitative estimate of drug-likeness (QED) is 0.103. The zero-order valence-electron chi connectivity index (χ0n) is 24.7. The number of methoxy groups -OCH3 is 1. The van der Waals surface area contributed by atoms with Gasteiger partial charge < -0.3 is 14.8 Å². The number of rotatable bonds is 21. The lowest BCUT2D eigenvalue weighted by atomic mass is 10.0. The Labute approximate surface area is 245 Å². The van der Waals surface area contributed by atoms with Crippen molar-refractivity contribution < 1.29 is 18.8 Å². The lowest BCUT2D eigenvalue weighted by Gasteiger charge is -2.16. The number of thiazole rings is 1. The van der Waals surface area contributed by atoms with Crippen LogP contribution >= 0.6 is 11.3 Å². The number of unbranched alkanes of at least 4 members (excludes halogenated alkanes) is 13. The molecule has 3 rings (SSSR count). The lowest BCUT2D eigenvalue weighted by Crippen LogP contribution is -2.30. The molecule has 0 fully saturated rings. The van der Waals surface area contributed by atoms with E-state index in [0.717, 1.165) is 24.9 Å². The first-order valence-corrected chi connectivity index (χ1v) is 16.3. The molecule has 5 nitrogen and oxygen atoms in total. The van der Waals surface area contributed by atoms with Gasteiger partial charge in [0.15, 0.2) is 24.2 Å². The monoisotopic (exact) mass is 565 g/mol. The highest BCUT2D eigenvalue weighted by Gasteiger charge is 2.15. The normalized spacial score (nSPS) is 10.9. The van der Waals surface area contributed by atoms with Crippen LogP contribution in [0.3, 0.4) is 0 Å². The summed E-state index contributed by atoms with van der Waals surface area (Å²) in [5, 5.41) is 5.07. The minimum atomic E-state index is -0.163. The van der Waals surface area contributed by atoms with Gasteiger partial charge in [0.1, 0.15) is 0 Å². The van der Waals surface area contributed by atoms with Gasteiger partial charge in [-0.15, -0.1) is 0 Å². The number of amides is 1. The molecule has 0 unspecified atom stereocenters. The summed E-state index contributed by atoms with van der Waals surface area (Å²) in [6.45, 7) is 3.68. The van der Waals surface area contributed by atoms with Crippen molar-refractivity contribution in [1.29, 1.82) is 0 Å². The Balaban J connectivity index is 1.34. The van der Waals surface area contributed by atoms with Crippen molar-refractivity contribution in [3.05, 3.63) is 70.7 Å². The molecular weight excluding hydrogens is 516 g/mol. The second-order valence-electron chi connectivity index (χ2n) is 10.6. The van der Waals surface area contributed by atoms with E-state index in [9.17, 15) is 4.79 Å². The van der Waals surface area contributed by atoms with Crippen LogP contribution in [0.15, 0.2) is 59.6 Å². The van der Waals surface area contributed by atoms with Crippen LogP contribution in [0.1, 0.15) is 113 Å². The van der Waals surface area contributed by atoms with Gasteiger partial charge >= 0.3 is 0 Å². The lowest BCUT2D eigenvalue weighted by molar-refractivity contribution is -0.683. The Morgan fingerprint density at radius 2 is 1.45 bits per heavy atom. The van der Waals surface area contributed by atoms with Crippen molar-refractivity contribution in [2.75, 3.05) is 19.0 Å². The number of anilines is 1. The van der Waals surface area contributed by atoms with Crippen LogP contribution in [0.2, 0.25) is 0 Å². The third kappa shape index (κ3) is 11.7. The van der Waals surface area contributed by atoms with Crippen LogP contribution in [0.5, 0.6) is 11.5 Å². The highest BCUT2D eigenvalue weighted by atomic mass is 32.1. The third-order valence-corrected chi connectivity index (χ3v) is 7.97. The van der Waals surface area contributed by atoms with E-state index in [1.165, 1.54) is 77.0 Å². The summed E-state index contributed by atoms with van der Waals surface area (Å²) < 4.78 is 13.8. The molecule has 6 heteroatoms. The molecule has 1 aromatic heterocycles. The van der Waals surface area contributed by atoms with E-state index in [1.54, 1.807) is 18.4 Å². The molecule has 0 atom stereocenters. The molecule has 0 radical (unpaired) electrons. The zero-order chi connectivity index (χ0) is 28.3. The summed E-state index contributed by atoms with van der Waals surface area (Å²) in [5.74, 6) is 1.06. The molecule has 0 saturated heterocycles. The molecule has 0 saturated carbocycles. The fourth-order valence-corrected chi connectivity index (χ4v) is 5.51. The second kappa shape index (κ2) is 19.3. The number of hydrogen-bond acceptors (Lipinski definition) is 4. The highest BCUT2D eigenvalue weighted by molar-refractivity contribution is 7.07. The molecule has 1 heterocycles. The molecule has 0 bridgehead atoms. The van der Waals surface area contributed by atoms with Crippen LogP contribution in [0.4, 0.5) is 5.69 Å². The van der Waals surface area contributed by atoms with Crippen LogP contribution < -0.4 is 19.4 Å². The van der Waals surface area contributed by atoms with Crippen molar-refractivity contribution in [1.82, 2.24) is 0 Å². The number of aromatic nitrogens is 1. The maximum absolute atomic E-state index is 13.0. The first-order valence-electron chi connectivity index (χ1n) is 15.3. The molecular formula is C34H49N2O3S+. The smallest absolute Gasteiger partial charge is 0.255 e. The first kappa shape index (κ1) is 31.7. The van der Waals surface area contributed by atoms with E-state index in [0.29, 0.717) is 29.4 Å². The first-order chi connectivity index (χ1) is 19.7. The van der Waals surface area contributed by atoms with Gasteiger partial charge in [-0.2, -0.15) is 4.57 Å². The number of carbonyl (C=O) groups is 1. The zero-order valence-corrected chi connectivity index (χ0v) is 25.5. The number of para-hydroxylation sites is 1. The summed E-state index contributed by atoms with van der Waals surface area (Å²) in [6.07, 6.45) is 20.6. The van der Waals surface area contributed by atoms with Crippen LogP contribution in [0.25, 0.3) is 0 Å². The fraction of sp³-hybridized carbons (Fsp3) is 0.529. The number of nitrogens with one attached hydrogen (secondary N) is 1. The minimum absolute atomic E-state index is 0.163. The van der Waals surface area contributed by atoms with E-state index in [2.05, 4.69) is 27.7 Å². The number of ether oxygens (including phenoxy) is 2. The predicted molar refractivity (Wildman–Crippen MR) is 167 cm³/mol. The van der Waals surface area contributed by atoms with E-state index in [4.69, 9.17) is 9.47 Å². The van der Waals surface area contributed by atoms with Crippen molar-refractivity contribution in [2.45, 2.75) is 103 Å². The summed E-state index contributed by atoms with van der Waals surface area (Å²) in [5.41, 5.74) is 4.47. The number of benzene rings is 2. The van der Waals surface area contributed by atoms with E-state index >= 15 is 0 Å². The largest absolute Gasteiger partial charge is 0.493 e. The SMILES string of the molecule is CCCCCCCCCCCCCCCCOc1c(NC(=O)c2ccc(C[n+]3ccsc3)cc2)cccc1OC. The maximum Gasteiger partial charge on any atom is 0.255 e. The number of nitrogens with zero attached hydrogens (tertiary/aromatic N) is 1. The summed E-state index contributed by atoms with van der Waals surface area (Å²) in [4.78, 5) is 13.0.